The number of benzene rings is 3. The summed E-state index contributed by atoms with van der Waals surface area (Å²) in [7, 11) is 0. The van der Waals surface area contributed by atoms with Gasteiger partial charge in [-0.15, -0.1) is 0 Å². The molecule has 3 rings (SSSR count). The molecule has 4 nitrogen and oxygen atoms in total. The van der Waals surface area contributed by atoms with Gasteiger partial charge in [0.15, 0.2) is 0 Å². The number of hydrogen-bond donors (Lipinski definition) is 1. The zero-order chi connectivity index (χ0) is 21.2. The molecule has 156 valence electrons. The lowest BCUT2D eigenvalue weighted by Gasteiger charge is -2.11. The molecule has 3 aromatic rings. The maximum atomic E-state index is 12.5. The van der Waals surface area contributed by atoms with Gasteiger partial charge in [0.2, 0.25) is 0 Å². The smallest absolute Gasteiger partial charge is 0.251 e. The van der Waals surface area contributed by atoms with Crippen LogP contribution in [0.15, 0.2) is 72.8 Å². The molecule has 0 heterocycles. The van der Waals surface area contributed by atoms with Crippen molar-refractivity contribution in [2.75, 3.05) is 13.2 Å². The lowest BCUT2D eigenvalue weighted by molar-refractivity contribution is 0.0952. The van der Waals surface area contributed by atoms with Crippen molar-refractivity contribution >= 4 is 17.5 Å². The summed E-state index contributed by atoms with van der Waals surface area (Å²) in [6, 6.07) is 22.7. The third-order valence-electron chi connectivity index (χ3n) is 4.63. The minimum Gasteiger partial charge on any atom is -0.494 e. The molecule has 30 heavy (non-hydrogen) atoms. The van der Waals surface area contributed by atoms with Gasteiger partial charge < -0.3 is 14.8 Å². The van der Waals surface area contributed by atoms with Crippen molar-refractivity contribution in [3.05, 3.63) is 94.5 Å². The fraction of sp³-hybridized carbons (Fsp3) is 0.240. The first-order valence-corrected chi connectivity index (χ1v) is 10.5. The first kappa shape index (κ1) is 21.7. The van der Waals surface area contributed by atoms with Crippen LogP contribution in [-0.2, 0) is 13.0 Å². The molecule has 0 radical (unpaired) electrons. The van der Waals surface area contributed by atoms with E-state index in [1.54, 1.807) is 12.1 Å². The Labute approximate surface area is 182 Å². The van der Waals surface area contributed by atoms with Crippen molar-refractivity contribution in [2.45, 2.75) is 26.4 Å². The molecule has 0 atom stereocenters. The number of hydrogen-bond acceptors (Lipinski definition) is 3. The molecule has 0 fully saturated rings. The van der Waals surface area contributed by atoms with E-state index in [-0.39, 0.29) is 5.91 Å². The number of ether oxygens (including phenoxy) is 2. The lowest BCUT2D eigenvalue weighted by Crippen LogP contribution is -2.24. The average Bonchev–Trinajstić information content (AvgIpc) is 2.77. The zero-order valence-corrected chi connectivity index (χ0v) is 17.8. The normalized spacial score (nSPS) is 10.5. The summed E-state index contributed by atoms with van der Waals surface area (Å²) in [5.41, 5.74) is 2.63. The van der Waals surface area contributed by atoms with Crippen LogP contribution in [0.1, 0.15) is 34.8 Å². The summed E-state index contributed by atoms with van der Waals surface area (Å²) in [4.78, 5) is 12.5. The van der Waals surface area contributed by atoms with E-state index < -0.39 is 0 Å². The van der Waals surface area contributed by atoms with Crippen molar-refractivity contribution in [2.24, 2.45) is 0 Å². The lowest BCUT2D eigenvalue weighted by atomic mass is 10.1. The van der Waals surface area contributed by atoms with Crippen molar-refractivity contribution in [1.29, 1.82) is 0 Å². The molecular weight excluding hydrogens is 398 g/mol. The Morgan fingerprint density at radius 2 is 1.70 bits per heavy atom. The number of carbonyl (C=O) groups is 1. The summed E-state index contributed by atoms with van der Waals surface area (Å²) in [5, 5.41) is 3.64. The van der Waals surface area contributed by atoms with E-state index in [2.05, 4.69) is 11.4 Å². The summed E-state index contributed by atoms with van der Waals surface area (Å²) in [5.74, 6) is 1.43. The van der Waals surface area contributed by atoms with Gasteiger partial charge in [0.05, 0.1) is 6.61 Å². The van der Waals surface area contributed by atoms with Crippen LogP contribution in [0.5, 0.6) is 11.5 Å². The number of halogens is 1. The van der Waals surface area contributed by atoms with E-state index in [4.69, 9.17) is 21.1 Å². The first-order chi connectivity index (χ1) is 14.7. The maximum absolute atomic E-state index is 12.5. The molecule has 5 heteroatoms. The minimum absolute atomic E-state index is 0.115. The Balaban J connectivity index is 1.49. The number of para-hydroxylation sites is 1. The Morgan fingerprint density at radius 3 is 2.50 bits per heavy atom. The van der Waals surface area contributed by atoms with E-state index in [0.717, 1.165) is 29.7 Å². The third kappa shape index (κ3) is 6.26. The van der Waals surface area contributed by atoms with E-state index in [1.165, 1.54) is 0 Å². The zero-order valence-electron chi connectivity index (χ0n) is 17.1. The first-order valence-electron chi connectivity index (χ1n) is 10.1. The van der Waals surface area contributed by atoms with Crippen LogP contribution < -0.4 is 14.8 Å². The molecular formula is C25H26ClNO3. The van der Waals surface area contributed by atoms with Crippen LogP contribution in [-0.4, -0.2) is 19.1 Å². The van der Waals surface area contributed by atoms with E-state index in [9.17, 15) is 4.79 Å². The molecule has 0 aliphatic heterocycles. The monoisotopic (exact) mass is 423 g/mol. The summed E-state index contributed by atoms with van der Waals surface area (Å²) in [6.07, 6.45) is 1.68. The van der Waals surface area contributed by atoms with Gasteiger partial charge in [-0.3, -0.25) is 4.79 Å². The van der Waals surface area contributed by atoms with Crippen molar-refractivity contribution in [1.82, 2.24) is 5.32 Å². The fourth-order valence-electron chi connectivity index (χ4n) is 3.09. The molecule has 1 N–H and O–H groups in total. The van der Waals surface area contributed by atoms with Gasteiger partial charge in [0.1, 0.15) is 18.1 Å². The number of amides is 1. The second-order valence-electron chi connectivity index (χ2n) is 6.81. The number of carbonyl (C=O) groups excluding carboxylic acids is 1. The summed E-state index contributed by atoms with van der Waals surface area (Å²) < 4.78 is 11.5. The van der Waals surface area contributed by atoms with Gasteiger partial charge in [-0.05, 0) is 55.7 Å². The number of rotatable bonds is 10. The molecule has 0 aromatic heterocycles. The topological polar surface area (TPSA) is 47.6 Å². The SMILES string of the molecule is CCOc1ccccc1CCCNC(=O)c1cccc(OCc2ccccc2Cl)c1. The molecule has 0 aliphatic rings. The second-order valence-corrected chi connectivity index (χ2v) is 7.22. The molecule has 0 aliphatic carbocycles. The second kappa shape index (κ2) is 11.3. The van der Waals surface area contributed by atoms with Crippen LogP contribution in [0.25, 0.3) is 0 Å². The van der Waals surface area contributed by atoms with Crippen molar-refractivity contribution in [3.8, 4) is 11.5 Å². The maximum Gasteiger partial charge on any atom is 0.251 e. The predicted molar refractivity (Wildman–Crippen MR) is 120 cm³/mol. The third-order valence-corrected chi connectivity index (χ3v) is 5.00. The Bertz CT molecular complexity index is 974. The molecule has 0 spiro atoms. The van der Waals surface area contributed by atoms with Crippen molar-refractivity contribution < 1.29 is 14.3 Å². The van der Waals surface area contributed by atoms with Crippen LogP contribution >= 0.6 is 11.6 Å². The highest BCUT2D eigenvalue weighted by molar-refractivity contribution is 6.31. The minimum atomic E-state index is -0.115. The van der Waals surface area contributed by atoms with Gasteiger partial charge in [-0.25, -0.2) is 0 Å². The summed E-state index contributed by atoms with van der Waals surface area (Å²) in [6.45, 7) is 3.56. The molecule has 0 saturated heterocycles. The average molecular weight is 424 g/mol. The molecule has 0 unspecified atom stereocenters. The Kier molecular flexibility index (Phi) is 8.16. The Morgan fingerprint density at radius 1 is 0.933 bits per heavy atom. The molecule has 0 bridgehead atoms. The standard InChI is InChI=1S/C25H26ClNO3/c1-2-29-24-15-6-4-9-19(24)12-8-16-27-25(28)20-11-7-13-22(17-20)30-18-21-10-3-5-14-23(21)26/h3-7,9-11,13-15,17H,2,8,12,16,18H2,1H3,(H,27,28). The van der Waals surface area contributed by atoms with Gasteiger partial charge in [0.25, 0.3) is 5.91 Å². The highest BCUT2D eigenvalue weighted by Gasteiger charge is 2.08. The largest absolute Gasteiger partial charge is 0.494 e. The van der Waals surface area contributed by atoms with Gasteiger partial charge in [-0.2, -0.15) is 0 Å². The quantitative estimate of drug-likeness (QED) is 0.427. The highest BCUT2D eigenvalue weighted by Crippen LogP contribution is 2.20. The van der Waals surface area contributed by atoms with Gasteiger partial charge in [-0.1, -0.05) is 54.1 Å². The molecule has 3 aromatic carbocycles. The van der Waals surface area contributed by atoms with Crippen LogP contribution in [0.2, 0.25) is 5.02 Å². The van der Waals surface area contributed by atoms with E-state index >= 15 is 0 Å². The number of aryl methyl sites for hydroxylation is 1. The highest BCUT2D eigenvalue weighted by atomic mass is 35.5. The van der Waals surface area contributed by atoms with Gasteiger partial charge >= 0.3 is 0 Å². The molecule has 1 amide bonds. The van der Waals surface area contributed by atoms with E-state index in [1.807, 2.05) is 61.5 Å². The predicted octanol–water partition coefficient (Wildman–Crippen LogP) is 5.68. The summed E-state index contributed by atoms with van der Waals surface area (Å²) >= 11 is 6.16. The van der Waals surface area contributed by atoms with Gasteiger partial charge in [0, 0.05) is 22.7 Å². The van der Waals surface area contributed by atoms with Crippen LogP contribution in [0.4, 0.5) is 0 Å². The van der Waals surface area contributed by atoms with Crippen molar-refractivity contribution in [3.63, 3.8) is 0 Å². The fourth-order valence-corrected chi connectivity index (χ4v) is 3.28. The van der Waals surface area contributed by atoms with Crippen LogP contribution in [0.3, 0.4) is 0 Å². The Hall–Kier alpha value is -2.98. The van der Waals surface area contributed by atoms with E-state index in [0.29, 0.717) is 36.1 Å². The van der Waals surface area contributed by atoms with Crippen LogP contribution in [0, 0.1) is 0 Å². The number of nitrogens with one attached hydrogen (secondary N) is 1. The molecule has 0 saturated carbocycles.